The molecule has 5 heteroatoms. The van der Waals surface area contributed by atoms with Gasteiger partial charge in [-0.25, -0.2) is 0 Å². The van der Waals surface area contributed by atoms with Crippen LogP contribution in [0.3, 0.4) is 0 Å². The molecular weight excluding hydrogens is 326 g/mol. The molecule has 0 aliphatic rings. The molecule has 1 N–H and O–H groups in total. The van der Waals surface area contributed by atoms with Crippen molar-refractivity contribution in [1.29, 1.82) is 0 Å². The summed E-state index contributed by atoms with van der Waals surface area (Å²) in [5.74, 6) is -0.0517. The summed E-state index contributed by atoms with van der Waals surface area (Å²) < 4.78 is 0. The predicted molar refractivity (Wildman–Crippen MR) is 94.4 cm³/mol. The molecule has 0 aliphatic heterocycles. The van der Waals surface area contributed by atoms with E-state index in [4.69, 9.17) is 0 Å². The molecule has 0 aliphatic carbocycles. The van der Waals surface area contributed by atoms with Gasteiger partial charge in [-0.15, -0.1) is 22.7 Å². The third kappa shape index (κ3) is 3.57. The minimum absolute atomic E-state index is 0.0430. The van der Waals surface area contributed by atoms with Crippen LogP contribution >= 0.6 is 22.7 Å². The van der Waals surface area contributed by atoms with Crippen LogP contribution < -0.4 is 5.32 Å². The van der Waals surface area contributed by atoms with Crippen LogP contribution in [0.4, 0.5) is 0 Å². The predicted octanol–water partition coefficient (Wildman–Crippen LogP) is 4.28. The SMILES string of the molecule is Cc1ccccc1C(=O)NCc1ccc(C(=O)c2cccs2)s1. The lowest BCUT2D eigenvalue weighted by Gasteiger charge is -2.06. The van der Waals surface area contributed by atoms with Crippen molar-refractivity contribution >= 4 is 34.4 Å². The van der Waals surface area contributed by atoms with Crippen molar-refractivity contribution < 1.29 is 9.59 Å². The minimum Gasteiger partial charge on any atom is -0.347 e. The maximum absolute atomic E-state index is 12.3. The van der Waals surface area contributed by atoms with Gasteiger partial charge in [0.15, 0.2) is 0 Å². The summed E-state index contributed by atoms with van der Waals surface area (Å²) in [5, 5.41) is 4.80. The number of thiophene rings is 2. The minimum atomic E-state index is -0.0948. The molecule has 3 aromatic rings. The molecule has 0 saturated heterocycles. The molecule has 0 radical (unpaired) electrons. The van der Waals surface area contributed by atoms with Crippen molar-refractivity contribution in [2.45, 2.75) is 13.5 Å². The number of aryl methyl sites for hydroxylation is 1. The summed E-state index contributed by atoms with van der Waals surface area (Å²) in [4.78, 5) is 26.9. The lowest BCUT2D eigenvalue weighted by atomic mass is 10.1. The Balaban J connectivity index is 1.65. The summed E-state index contributed by atoms with van der Waals surface area (Å²) in [6.45, 7) is 2.34. The fourth-order valence-electron chi connectivity index (χ4n) is 2.21. The molecule has 2 aromatic heterocycles. The second-order valence-electron chi connectivity index (χ2n) is 5.07. The van der Waals surface area contributed by atoms with Crippen molar-refractivity contribution in [3.63, 3.8) is 0 Å². The monoisotopic (exact) mass is 341 g/mol. The standard InChI is InChI=1S/C18H15NO2S2/c1-12-5-2-3-6-14(12)18(21)19-11-13-8-9-16(23-13)17(20)15-7-4-10-22-15/h2-10H,11H2,1H3,(H,19,21). The van der Waals surface area contributed by atoms with Crippen molar-refractivity contribution in [3.8, 4) is 0 Å². The van der Waals surface area contributed by atoms with E-state index in [1.807, 2.05) is 60.8 Å². The van der Waals surface area contributed by atoms with Gasteiger partial charge in [-0.3, -0.25) is 9.59 Å². The zero-order chi connectivity index (χ0) is 16.2. The first-order valence-electron chi connectivity index (χ1n) is 7.16. The van der Waals surface area contributed by atoms with Crippen LogP contribution in [0.1, 0.15) is 35.3 Å². The molecule has 0 bridgehead atoms. The summed E-state index contributed by atoms with van der Waals surface area (Å²) in [5.41, 5.74) is 1.63. The van der Waals surface area contributed by atoms with Gasteiger partial charge in [-0.05, 0) is 42.1 Å². The Hall–Kier alpha value is -2.24. The summed E-state index contributed by atoms with van der Waals surface area (Å²) in [6.07, 6.45) is 0. The van der Waals surface area contributed by atoms with Crippen LogP contribution in [0, 0.1) is 6.92 Å². The quantitative estimate of drug-likeness (QED) is 0.704. The lowest BCUT2D eigenvalue weighted by Crippen LogP contribution is -2.23. The van der Waals surface area contributed by atoms with Crippen molar-refractivity contribution in [3.05, 3.63) is 79.7 Å². The van der Waals surface area contributed by atoms with Crippen LogP contribution in [0.5, 0.6) is 0 Å². The molecule has 0 spiro atoms. The van der Waals surface area contributed by atoms with Crippen LogP contribution in [0.25, 0.3) is 0 Å². The van der Waals surface area contributed by atoms with Gasteiger partial charge < -0.3 is 5.32 Å². The van der Waals surface area contributed by atoms with Crippen LogP contribution in [-0.4, -0.2) is 11.7 Å². The van der Waals surface area contributed by atoms with Gasteiger partial charge in [0.25, 0.3) is 5.91 Å². The Morgan fingerprint density at radius 2 is 1.83 bits per heavy atom. The number of carbonyl (C=O) groups excluding carboxylic acids is 2. The van der Waals surface area contributed by atoms with E-state index in [1.54, 1.807) is 0 Å². The van der Waals surface area contributed by atoms with Gasteiger partial charge in [0.1, 0.15) is 0 Å². The zero-order valence-electron chi connectivity index (χ0n) is 12.5. The molecule has 0 saturated carbocycles. The highest BCUT2D eigenvalue weighted by atomic mass is 32.1. The summed E-state index contributed by atoms with van der Waals surface area (Å²) in [6, 6.07) is 14.9. The van der Waals surface area contributed by atoms with E-state index in [0.29, 0.717) is 17.0 Å². The lowest BCUT2D eigenvalue weighted by molar-refractivity contribution is 0.0950. The largest absolute Gasteiger partial charge is 0.347 e. The van der Waals surface area contributed by atoms with E-state index in [9.17, 15) is 9.59 Å². The molecule has 23 heavy (non-hydrogen) atoms. The Labute approximate surface area is 142 Å². The van der Waals surface area contributed by atoms with E-state index in [0.717, 1.165) is 15.3 Å². The highest BCUT2D eigenvalue weighted by Crippen LogP contribution is 2.22. The average molecular weight is 341 g/mol. The van der Waals surface area contributed by atoms with E-state index < -0.39 is 0 Å². The number of rotatable bonds is 5. The van der Waals surface area contributed by atoms with E-state index in [2.05, 4.69) is 5.32 Å². The van der Waals surface area contributed by atoms with E-state index >= 15 is 0 Å². The second-order valence-corrected chi connectivity index (χ2v) is 7.19. The first kappa shape index (κ1) is 15.6. The Morgan fingerprint density at radius 3 is 2.57 bits per heavy atom. The van der Waals surface area contributed by atoms with Crippen molar-refractivity contribution in [1.82, 2.24) is 5.32 Å². The van der Waals surface area contributed by atoms with Gasteiger partial charge in [-0.1, -0.05) is 24.3 Å². The first-order chi connectivity index (χ1) is 11.1. The average Bonchev–Trinajstić information content (AvgIpc) is 3.24. The third-order valence-electron chi connectivity index (χ3n) is 3.44. The summed E-state index contributed by atoms with van der Waals surface area (Å²) >= 11 is 2.86. The molecule has 0 unspecified atom stereocenters. The molecule has 0 fully saturated rings. The molecule has 1 aromatic carbocycles. The van der Waals surface area contributed by atoms with Gasteiger partial charge in [0, 0.05) is 10.4 Å². The van der Waals surface area contributed by atoms with Crippen LogP contribution in [-0.2, 0) is 6.54 Å². The highest BCUT2D eigenvalue weighted by molar-refractivity contribution is 7.16. The summed E-state index contributed by atoms with van der Waals surface area (Å²) in [7, 11) is 0. The molecule has 1 amide bonds. The molecule has 116 valence electrons. The Bertz CT molecular complexity index is 834. The van der Waals surface area contributed by atoms with Crippen molar-refractivity contribution in [2.75, 3.05) is 0 Å². The molecular formula is C18H15NO2S2. The highest BCUT2D eigenvalue weighted by Gasteiger charge is 2.13. The third-order valence-corrected chi connectivity index (χ3v) is 5.40. The number of benzene rings is 1. The van der Waals surface area contributed by atoms with Gasteiger partial charge in [0.2, 0.25) is 5.78 Å². The number of carbonyl (C=O) groups is 2. The molecule has 0 atom stereocenters. The van der Waals surface area contributed by atoms with Crippen LogP contribution in [0.2, 0.25) is 0 Å². The van der Waals surface area contributed by atoms with E-state index in [1.165, 1.54) is 22.7 Å². The van der Waals surface area contributed by atoms with Gasteiger partial charge >= 0.3 is 0 Å². The maximum Gasteiger partial charge on any atom is 0.251 e. The zero-order valence-corrected chi connectivity index (χ0v) is 14.2. The van der Waals surface area contributed by atoms with Gasteiger partial charge in [-0.2, -0.15) is 0 Å². The van der Waals surface area contributed by atoms with Crippen molar-refractivity contribution in [2.24, 2.45) is 0 Å². The second kappa shape index (κ2) is 6.89. The topological polar surface area (TPSA) is 46.2 Å². The number of ketones is 1. The first-order valence-corrected chi connectivity index (χ1v) is 8.85. The fraction of sp³-hybridized carbons (Fsp3) is 0.111. The fourth-order valence-corrected chi connectivity index (χ4v) is 3.86. The van der Waals surface area contributed by atoms with Crippen LogP contribution in [0.15, 0.2) is 53.9 Å². The smallest absolute Gasteiger partial charge is 0.251 e. The molecule has 3 rings (SSSR count). The Morgan fingerprint density at radius 1 is 1.00 bits per heavy atom. The molecule has 2 heterocycles. The normalized spacial score (nSPS) is 10.5. The number of nitrogens with one attached hydrogen (secondary N) is 1. The van der Waals surface area contributed by atoms with E-state index in [-0.39, 0.29) is 11.7 Å². The van der Waals surface area contributed by atoms with Gasteiger partial charge in [0.05, 0.1) is 16.3 Å². The number of amides is 1. The number of hydrogen-bond donors (Lipinski definition) is 1. The number of hydrogen-bond acceptors (Lipinski definition) is 4. The molecule has 3 nitrogen and oxygen atoms in total. The Kier molecular flexibility index (Phi) is 4.69. The maximum atomic E-state index is 12.3.